The normalized spacial score (nSPS) is 11.0. The molecule has 0 aromatic rings. The molecule has 0 bridgehead atoms. The van der Waals surface area contributed by atoms with Crippen molar-refractivity contribution in [3.05, 3.63) is 0 Å². The third-order valence-electron chi connectivity index (χ3n) is 0.865. The Morgan fingerprint density at radius 3 is 2.45 bits per heavy atom. The smallest absolute Gasteiger partial charge is 0.333 e. The number of nitrogens with one attached hydrogen (secondary N) is 2. The van der Waals surface area contributed by atoms with Crippen molar-refractivity contribution in [3.63, 3.8) is 0 Å². The first-order chi connectivity index (χ1) is 4.92. The Morgan fingerprint density at radius 2 is 2.09 bits per heavy atom. The Kier molecular flexibility index (Phi) is 3.83. The summed E-state index contributed by atoms with van der Waals surface area (Å²) in [7, 11) is -3.93. The highest BCUT2D eigenvalue weighted by Crippen LogP contribution is 1.85. The van der Waals surface area contributed by atoms with Gasteiger partial charge in [-0.25, -0.2) is 10.5 Å². The minimum absolute atomic E-state index is 0.0854. The summed E-state index contributed by atoms with van der Waals surface area (Å²) in [5.41, 5.74) is 6.35. The Hall–Kier alpha value is -0.820. The van der Waals surface area contributed by atoms with Crippen molar-refractivity contribution in [2.75, 3.05) is 12.3 Å². The quantitative estimate of drug-likeness (QED) is 0.439. The molecule has 0 aliphatic rings. The Bertz CT molecular complexity index is 222. The van der Waals surface area contributed by atoms with Gasteiger partial charge in [0.05, 0.1) is 5.75 Å². The van der Waals surface area contributed by atoms with E-state index < -0.39 is 21.9 Å². The molecular weight excluding hydrogens is 172 g/mol. The van der Waals surface area contributed by atoms with Crippen LogP contribution in [0.1, 0.15) is 6.42 Å². The van der Waals surface area contributed by atoms with Crippen LogP contribution in [-0.2, 0) is 10.1 Å². The molecule has 0 aliphatic heterocycles. The molecule has 0 aliphatic carbocycles. The lowest BCUT2D eigenvalue weighted by molar-refractivity contribution is 0.247. The molecule has 0 atom stereocenters. The average molecular weight is 181 g/mol. The van der Waals surface area contributed by atoms with Crippen LogP contribution in [0.25, 0.3) is 0 Å². The maximum Gasteiger partial charge on any atom is 0.333 e. The van der Waals surface area contributed by atoms with Crippen molar-refractivity contribution in [2.45, 2.75) is 6.42 Å². The molecule has 0 fully saturated rings. The number of hydrogen-bond acceptors (Lipinski definition) is 3. The van der Waals surface area contributed by atoms with Crippen LogP contribution in [-0.4, -0.2) is 31.3 Å². The zero-order valence-corrected chi connectivity index (χ0v) is 6.52. The minimum atomic E-state index is -3.93. The molecule has 0 saturated carbocycles. The van der Waals surface area contributed by atoms with Gasteiger partial charge in [0.1, 0.15) is 0 Å². The number of urea groups is 1. The molecule has 7 heteroatoms. The molecule has 1 radical (unpaired) electrons. The van der Waals surface area contributed by atoms with Crippen LogP contribution < -0.4 is 11.1 Å². The lowest BCUT2D eigenvalue weighted by Gasteiger charge is -1.97. The van der Waals surface area contributed by atoms with Crippen LogP contribution >= 0.6 is 0 Å². The van der Waals surface area contributed by atoms with E-state index in [0.29, 0.717) is 0 Å². The fraction of sp³-hybridized carbons (Fsp3) is 0.750. The van der Waals surface area contributed by atoms with Crippen LogP contribution in [0.3, 0.4) is 0 Å². The zero-order valence-electron chi connectivity index (χ0n) is 5.70. The Morgan fingerprint density at radius 1 is 1.55 bits per heavy atom. The van der Waals surface area contributed by atoms with Crippen LogP contribution in [0, 0.1) is 0 Å². The van der Waals surface area contributed by atoms with E-state index in [9.17, 15) is 13.2 Å². The van der Waals surface area contributed by atoms with Crippen molar-refractivity contribution >= 4 is 16.1 Å². The summed E-state index contributed by atoms with van der Waals surface area (Å²) in [6.45, 7) is 0.0854. The van der Waals surface area contributed by atoms with Gasteiger partial charge < -0.3 is 5.32 Å². The fourth-order valence-electron chi connectivity index (χ4n) is 0.456. The molecule has 0 spiro atoms. The van der Waals surface area contributed by atoms with Crippen molar-refractivity contribution < 1.29 is 17.8 Å². The topological polar surface area (TPSA) is 107 Å². The highest BCUT2D eigenvalue weighted by Gasteiger charge is 2.03. The fourth-order valence-corrected chi connectivity index (χ4v) is 0.966. The molecule has 0 unspecified atom stereocenters. The second-order valence-corrected chi connectivity index (χ2v) is 3.47. The van der Waals surface area contributed by atoms with Gasteiger partial charge in [0, 0.05) is 6.54 Å². The molecule has 0 heterocycles. The van der Waals surface area contributed by atoms with E-state index in [0.717, 1.165) is 0 Å². The largest absolute Gasteiger partial charge is 0.337 e. The van der Waals surface area contributed by atoms with E-state index in [1.54, 1.807) is 0 Å². The highest BCUT2D eigenvalue weighted by atomic mass is 32.2. The first kappa shape index (κ1) is 10.2. The second kappa shape index (κ2) is 4.14. The van der Waals surface area contributed by atoms with Gasteiger partial charge in [-0.15, -0.1) is 0 Å². The molecule has 11 heavy (non-hydrogen) atoms. The molecule has 0 aromatic carbocycles. The second-order valence-electron chi connectivity index (χ2n) is 1.90. The molecule has 6 nitrogen and oxygen atoms in total. The standard InChI is InChI=1S/C4H9N2O4S/c5-4(7)6-2-1-3-11(8,9)10/h5H,1-3H2,(H,6,7)(H,8,9,10). The number of carbonyl (C=O) groups is 1. The van der Waals surface area contributed by atoms with E-state index in [2.05, 4.69) is 5.32 Å². The van der Waals surface area contributed by atoms with Crippen molar-refractivity contribution in [2.24, 2.45) is 0 Å². The molecule has 65 valence electrons. The summed E-state index contributed by atoms with van der Waals surface area (Å²) in [5.74, 6) is -0.396. The molecule has 0 rings (SSSR count). The van der Waals surface area contributed by atoms with Gasteiger partial charge in [-0.3, -0.25) is 4.55 Å². The van der Waals surface area contributed by atoms with Crippen LogP contribution in [0.5, 0.6) is 0 Å². The number of carbonyl (C=O) groups excluding carboxylic acids is 1. The van der Waals surface area contributed by atoms with Gasteiger partial charge in [-0.05, 0) is 6.42 Å². The summed E-state index contributed by atoms with van der Waals surface area (Å²) < 4.78 is 28.3. The van der Waals surface area contributed by atoms with Gasteiger partial charge in [0.25, 0.3) is 10.1 Å². The predicted molar refractivity (Wildman–Crippen MR) is 37.5 cm³/mol. The van der Waals surface area contributed by atoms with E-state index in [-0.39, 0.29) is 13.0 Å². The lowest BCUT2D eigenvalue weighted by atomic mass is 10.5. The summed E-state index contributed by atoms with van der Waals surface area (Å²) in [4.78, 5) is 9.91. The summed E-state index contributed by atoms with van der Waals surface area (Å²) in [6.07, 6.45) is 0.115. The van der Waals surface area contributed by atoms with E-state index in [4.69, 9.17) is 10.3 Å². The maximum absolute atomic E-state index is 10.1. The molecule has 2 amide bonds. The van der Waals surface area contributed by atoms with Gasteiger partial charge >= 0.3 is 6.03 Å². The zero-order chi connectivity index (χ0) is 8.91. The van der Waals surface area contributed by atoms with Crippen molar-refractivity contribution in [1.29, 1.82) is 0 Å². The van der Waals surface area contributed by atoms with E-state index in [1.165, 1.54) is 0 Å². The van der Waals surface area contributed by atoms with Crippen molar-refractivity contribution in [1.82, 2.24) is 11.1 Å². The van der Waals surface area contributed by atoms with Gasteiger partial charge in [-0.1, -0.05) is 0 Å². The first-order valence-corrected chi connectivity index (χ1v) is 4.47. The van der Waals surface area contributed by atoms with Crippen LogP contribution in [0.4, 0.5) is 4.79 Å². The Balaban J connectivity index is 3.37. The summed E-state index contributed by atoms with van der Waals surface area (Å²) in [6, 6.07) is -0.958. The number of amides is 2. The molecule has 3 N–H and O–H groups in total. The average Bonchev–Trinajstić information content (AvgIpc) is 1.78. The maximum atomic E-state index is 10.1. The number of hydrogen-bond donors (Lipinski definition) is 2. The van der Waals surface area contributed by atoms with Gasteiger partial charge in [-0.2, -0.15) is 8.42 Å². The molecule has 0 aromatic heterocycles. The summed E-state index contributed by atoms with van der Waals surface area (Å²) >= 11 is 0. The van der Waals surface area contributed by atoms with Gasteiger partial charge in [0.15, 0.2) is 0 Å². The molecule has 0 saturated heterocycles. The first-order valence-electron chi connectivity index (χ1n) is 2.86. The molecular formula is C4H9N2O4S. The minimum Gasteiger partial charge on any atom is -0.337 e. The van der Waals surface area contributed by atoms with E-state index in [1.807, 2.05) is 0 Å². The van der Waals surface area contributed by atoms with Gasteiger partial charge in [0.2, 0.25) is 0 Å². The number of rotatable bonds is 4. The SMILES string of the molecule is [NH]C(=O)NCCCS(=O)(=O)O. The highest BCUT2D eigenvalue weighted by molar-refractivity contribution is 7.85. The third-order valence-corrected chi connectivity index (χ3v) is 1.67. The summed E-state index contributed by atoms with van der Waals surface area (Å²) in [5, 5.41) is 2.07. The monoisotopic (exact) mass is 181 g/mol. The van der Waals surface area contributed by atoms with Crippen molar-refractivity contribution in [3.8, 4) is 0 Å². The van der Waals surface area contributed by atoms with Crippen LogP contribution in [0.2, 0.25) is 0 Å². The Labute approximate surface area is 64.5 Å². The lowest BCUT2D eigenvalue weighted by Crippen LogP contribution is -2.24. The predicted octanol–water partition coefficient (Wildman–Crippen LogP) is -0.743. The van der Waals surface area contributed by atoms with Crippen LogP contribution in [0.15, 0.2) is 0 Å². The third kappa shape index (κ3) is 9.18. The van der Waals surface area contributed by atoms with E-state index >= 15 is 0 Å².